The van der Waals surface area contributed by atoms with E-state index in [0.717, 1.165) is 62.9 Å². The van der Waals surface area contributed by atoms with Crippen molar-refractivity contribution in [2.75, 3.05) is 58.0 Å². The number of fused-ring (bicyclic) bond motifs is 2. The molecule has 6 rings (SSSR count). The van der Waals surface area contributed by atoms with Gasteiger partial charge < -0.3 is 14.4 Å². The number of methoxy groups -OCH3 is 1. The van der Waals surface area contributed by atoms with Gasteiger partial charge in [-0.25, -0.2) is 0 Å². The molecule has 2 aromatic carbocycles. The molecule has 3 heterocycles. The van der Waals surface area contributed by atoms with Crippen molar-refractivity contribution < 1.29 is 9.47 Å². The van der Waals surface area contributed by atoms with E-state index in [4.69, 9.17) is 14.5 Å². The first-order valence-corrected chi connectivity index (χ1v) is 13.6. The summed E-state index contributed by atoms with van der Waals surface area (Å²) < 4.78 is 12.0. The molecule has 1 fully saturated rings. The van der Waals surface area contributed by atoms with Crippen LogP contribution in [-0.2, 0) is 11.2 Å². The normalized spacial score (nSPS) is 19.1. The maximum absolute atomic E-state index is 6.43. The molecule has 0 amide bonds. The van der Waals surface area contributed by atoms with Crippen molar-refractivity contribution in [2.24, 2.45) is 0 Å². The van der Waals surface area contributed by atoms with Crippen molar-refractivity contribution in [3.05, 3.63) is 107 Å². The molecule has 1 unspecified atom stereocenters. The second-order valence-corrected chi connectivity index (χ2v) is 10.4. The quantitative estimate of drug-likeness (QED) is 0.458. The summed E-state index contributed by atoms with van der Waals surface area (Å²) in [4.78, 5) is 12.2. The number of rotatable bonds is 6. The van der Waals surface area contributed by atoms with Crippen LogP contribution < -0.4 is 9.64 Å². The van der Waals surface area contributed by atoms with Gasteiger partial charge in [-0.05, 0) is 42.7 Å². The predicted molar refractivity (Wildman–Crippen MR) is 152 cm³/mol. The van der Waals surface area contributed by atoms with Crippen LogP contribution >= 0.6 is 0 Å². The number of para-hydroxylation sites is 2. The lowest BCUT2D eigenvalue weighted by atomic mass is 10.0. The van der Waals surface area contributed by atoms with Gasteiger partial charge in [0.15, 0.2) is 5.76 Å². The highest BCUT2D eigenvalue weighted by Gasteiger charge is 2.29. The Kier molecular flexibility index (Phi) is 7.16. The number of nitrogens with zero attached hydrogens (tertiary/aromatic N) is 4. The van der Waals surface area contributed by atoms with Gasteiger partial charge in [-0.1, -0.05) is 60.2 Å². The fourth-order valence-corrected chi connectivity index (χ4v) is 5.85. The number of anilines is 1. The zero-order valence-corrected chi connectivity index (χ0v) is 22.3. The van der Waals surface area contributed by atoms with Gasteiger partial charge in [-0.2, -0.15) is 0 Å². The molecule has 0 bridgehead atoms. The molecule has 0 saturated carbocycles. The largest absolute Gasteiger partial charge is 0.495 e. The van der Waals surface area contributed by atoms with Crippen LogP contribution in [0, 0.1) is 0 Å². The minimum Gasteiger partial charge on any atom is -0.495 e. The number of ether oxygens (including phenoxy) is 2. The Morgan fingerprint density at radius 1 is 0.947 bits per heavy atom. The average Bonchev–Trinajstić information content (AvgIpc) is 3.13. The molecule has 0 N–H and O–H groups in total. The van der Waals surface area contributed by atoms with Crippen molar-refractivity contribution in [1.82, 2.24) is 14.8 Å². The second kappa shape index (κ2) is 11.0. The van der Waals surface area contributed by atoms with Crippen molar-refractivity contribution in [3.8, 4) is 5.75 Å². The Balaban J connectivity index is 1.20. The maximum atomic E-state index is 6.43. The Hall–Kier alpha value is -3.61. The van der Waals surface area contributed by atoms with Gasteiger partial charge in [0.05, 0.1) is 12.8 Å². The van der Waals surface area contributed by atoms with Crippen LogP contribution in [0.3, 0.4) is 0 Å². The molecule has 1 aliphatic carbocycles. The minimum absolute atomic E-state index is 0.275. The zero-order valence-electron chi connectivity index (χ0n) is 22.3. The molecule has 0 radical (unpaired) electrons. The van der Waals surface area contributed by atoms with Gasteiger partial charge in [0, 0.05) is 57.1 Å². The van der Waals surface area contributed by atoms with Gasteiger partial charge >= 0.3 is 0 Å². The molecular weight excluding hydrogens is 472 g/mol. The van der Waals surface area contributed by atoms with E-state index in [0.29, 0.717) is 6.73 Å². The first kappa shape index (κ1) is 24.7. The van der Waals surface area contributed by atoms with Crippen molar-refractivity contribution >= 4 is 11.4 Å². The minimum atomic E-state index is 0.275. The Bertz CT molecular complexity index is 1330. The summed E-state index contributed by atoms with van der Waals surface area (Å²) in [6.07, 6.45) is 5.18. The topological polar surface area (TPSA) is 41.1 Å². The van der Waals surface area contributed by atoms with Crippen molar-refractivity contribution in [3.63, 3.8) is 0 Å². The van der Waals surface area contributed by atoms with E-state index >= 15 is 0 Å². The Labute approximate surface area is 225 Å². The van der Waals surface area contributed by atoms with Gasteiger partial charge in [0.1, 0.15) is 18.2 Å². The fraction of sp³-hybridized carbons (Fsp3) is 0.344. The summed E-state index contributed by atoms with van der Waals surface area (Å²) in [7, 11) is 1.75. The van der Waals surface area contributed by atoms with E-state index in [1.807, 2.05) is 24.4 Å². The summed E-state index contributed by atoms with van der Waals surface area (Å²) in [5.74, 6) is 1.90. The third-order valence-corrected chi connectivity index (χ3v) is 8.00. The number of pyridine rings is 1. The maximum Gasteiger partial charge on any atom is 0.151 e. The molecule has 0 spiro atoms. The standard InChI is InChI=1S/C32H36N4O2/c1-24(26-9-4-3-5-10-26)36-22-28-20-25(19-27-11-8-14-33-31(27)32(28)38-23-36)21-34-15-17-35(18-16-34)29-12-6-7-13-30(29)37-2/h3-14,20,24H,15-19,21-23H2,1-2H3. The van der Waals surface area contributed by atoms with Gasteiger partial charge in [-0.15, -0.1) is 0 Å². The molecule has 1 aromatic heterocycles. The van der Waals surface area contributed by atoms with Crippen LogP contribution in [0.4, 0.5) is 5.69 Å². The van der Waals surface area contributed by atoms with Crippen molar-refractivity contribution in [1.29, 1.82) is 0 Å². The molecule has 6 nitrogen and oxygen atoms in total. The van der Waals surface area contributed by atoms with Crippen LogP contribution in [-0.4, -0.2) is 67.9 Å². The number of benzene rings is 2. The summed E-state index contributed by atoms with van der Waals surface area (Å²) in [5, 5.41) is 0. The monoisotopic (exact) mass is 508 g/mol. The summed E-state index contributed by atoms with van der Waals surface area (Å²) >= 11 is 0. The second-order valence-electron chi connectivity index (χ2n) is 10.4. The lowest BCUT2D eigenvalue weighted by molar-refractivity contribution is 0.0650. The number of hydrogen-bond donors (Lipinski definition) is 0. The van der Waals surface area contributed by atoms with Crippen LogP contribution in [0.1, 0.15) is 29.8 Å². The predicted octanol–water partition coefficient (Wildman–Crippen LogP) is 5.16. The van der Waals surface area contributed by atoms with Gasteiger partial charge in [-0.3, -0.25) is 14.8 Å². The number of hydrogen-bond acceptors (Lipinski definition) is 6. The SMILES string of the molecule is COc1ccccc1N1CCN(CC2=CC3=C(OCN(C(C)c4ccccc4)C3)c3ncccc3C2)CC1. The molecule has 1 saturated heterocycles. The van der Waals surface area contributed by atoms with E-state index in [1.165, 1.54) is 28.0 Å². The third-order valence-electron chi connectivity index (χ3n) is 8.00. The lowest BCUT2D eigenvalue weighted by Crippen LogP contribution is -2.47. The molecule has 6 heteroatoms. The highest BCUT2D eigenvalue weighted by atomic mass is 16.5. The summed E-state index contributed by atoms with van der Waals surface area (Å²) in [6, 6.07) is 23.5. The zero-order chi connectivity index (χ0) is 25.9. The highest BCUT2D eigenvalue weighted by molar-refractivity contribution is 5.69. The molecule has 3 aromatic rings. The smallest absolute Gasteiger partial charge is 0.151 e. The first-order valence-electron chi connectivity index (χ1n) is 13.6. The molecular formula is C32H36N4O2. The molecule has 2 aliphatic heterocycles. The highest BCUT2D eigenvalue weighted by Crippen LogP contribution is 2.35. The van der Waals surface area contributed by atoms with E-state index in [-0.39, 0.29) is 6.04 Å². The van der Waals surface area contributed by atoms with Crippen molar-refractivity contribution in [2.45, 2.75) is 19.4 Å². The van der Waals surface area contributed by atoms with E-state index in [1.54, 1.807) is 7.11 Å². The number of piperazine rings is 1. The van der Waals surface area contributed by atoms with E-state index in [9.17, 15) is 0 Å². The molecule has 38 heavy (non-hydrogen) atoms. The van der Waals surface area contributed by atoms with Gasteiger partial charge in [0.2, 0.25) is 0 Å². The Morgan fingerprint density at radius 2 is 1.74 bits per heavy atom. The average molecular weight is 509 g/mol. The van der Waals surface area contributed by atoms with Crippen LogP contribution in [0.15, 0.2) is 90.1 Å². The fourth-order valence-electron chi connectivity index (χ4n) is 5.85. The van der Waals surface area contributed by atoms with Crippen LogP contribution in [0.5, 0.6) is 5.75 Å². The summed E-state index contributed by atoms with van der Waals surface area (Å²) in [5.41, 5.74) is 7.41. The van der Waals surface area contributed by atoms with E-state index < -0.39 is 0 Å². The molecule has 196 valence electrons. The lowest BCUT2D eigenvalue weighted by Gasteiger charge is -2.37. The van der Waals surface area contributed by atoms with E-state index in [2.05, 4.69) is 76.2 Å². The summed E-state index contributed by atoms with van der Waals surface area (Å²) in [6.45, 7) is 8.67. The Morgan fingerprint density at radius 3 is 2.55 bits per heavy atom. The third kappa shape index (κ3) is 5.06. The van der Waals surface area contributed by atoms with Gasteiger partial charge in [0.25, 0.3) is 0 Å². The molecule has 1 atom stereocenters. The first-order chi connectivity index (χ1) is 18.7. The van der Waals surface area contributed by atoms with Crippen LogP contribution in [0.2, 0.25) is 0 Å². The number of aromatic nitrogens is 1. The molecule has 3 aliphatic rings. The van der Waals surface area contributed by atoms with Crippen LogP contribution in [0.25, 0.3) is 5.76 Å².